The monoisotopic (exact) mass is 514 g/mol. The van der Waals surface area contributed by atoms with Gasteiger partial charge in [-0.1, -0.05) is 25.8 Å². The van der Waals surface area contributed by atoms with Gasteiger partial charge in [0.1, 0.15) is 17.5 Å². The molecule has 3 aromatic rings. The quantitative estimate of drug-likeness (QED) is 0.463. The molecule has 0 spiro atoms. The van der Waals surface area contributed by atoms with E-state index in [0.29, 0.717) is 29.7 Å². The van der Waals surface area contributed by atoms with Gasteiger partial charge >= 0.3 is 0 Å². The molecule has 0 atom stereocenters. The molecule has 10 heteroatoms. The smallest absolute Gasteiger partial charge is 0.137 e. The van der Waals surface area contributed by atoms with E-state index in [4.69, 9.17) is 9.72 Å². The fourth-order valence-electron chi connectivity index (χ4n) is 4.80. The van der Waals surface area contributed by atoms with Gasteiger partial charge < -0.3 is 19.9 Å². The minimum absolute atomic E-state index is 0.281. The van der Waals surface area contributed by atoms with Crippen molar-refractivity contribution in [1.29, 1.82) is 0 Å². The second kappa shape index (κ2) is 10.7. The van der Waals surface area contributed by atoms with Gasteiger partial charge in [0, 0.05) is 62.2 Å². The molecule has 0 amide bonds. The van der Waals surface area contributed by atoms with Crippen molar-refractivity contribution in [3.63, 3.8) is 0 Å². The van der Waals surface area contributed by atoms with Crippen LogP contribution in [0.1, 0.15) is 19.4 Å². The molecule has 1 aromatic carbocycles. The summed E-state index contributed by atoms with van der Waals surface area (Å²) in [5, 5.41) is 4.21. The molecule has 0 aliphatic carbocycles. The Labute approximate surface area is 215 Å². The molecule has 5 rings (SSSR count). The lowest BCUT2D eigenvalue weighted by molar-refractivity contribution is 0.122. The number of hydrogen-bond donors (Lipinski definition) is 1. The number of hydrogen-bond acceptors (Lipinski definition) is 8. The predicted octanol–water partition coefficient (Wildman–Crippen LogP) is 4.98. The molecule has 2 fully saturated rings. The molecule has 2 saturated heterocycles. The summed E-state index contributed by atoms with van der Waals surface area (Å²) in [6.45, 7) is 12.6. The Morgan fingerprint density at radius 1 is 0.972 bits per heavy atom. The highest BCUT2D eigenvalue weighted by atomic mass is 32.2. The van der Waals surface area contributed by atoms with Gasteiger partial charge in [0.15, 0.2) is 0 Å². The zero-order valence-corrected chi connectivity index (χ0v) is 21.7. The molecule has 0 radical (unpaired) electrons. The lowest BCUT2D eigenvalue weighted by atomic mass is 10.1. The molecule has 0 unspecified atom stereocenters. The maximum Gasteiger partial charge on any atom is 0.137 e. The molecule has 2 aromatic heterocycles. The summed E-state index contributed by atoms with van der Waals surface area (Å²) in [7, 11) is 0. The van der Waals surface area contributed by atoms with E-state index < -0.39 is 11.6 Å². The molecule has 7 nitrogen and oxygen atoms in total. The van der Waals surface area contributed by atoms with Crippen molar-refractivity contribution in [2.24, 2.45) is 0 Å². The maximum absolute atomic E-state index is 15.1. The average Bonchev–Trinajstić information content (AvgIpc) is 2.86. The van der Waals surface area contributed by atoms with Crippen molar-refractivity contribution in [3.8, 4) is 0 Å². The van der Waals surface area contributed by atoms with Crippen LogP contribution in [0.4, 0.5) is 31.7 Å². The van der Waals surface area contributed by atoms with Crippen molar-refractivity contribution in [2.45, 2.75) is 26.0 Å². The number of morpholine rings is 1. The number of fused-ring (bicyclic) bond motifs is 1. The third kappa shape index (κ3) is 5.35. The van der Waals surface area contributed by atoms with Gasteiger partial charge in [0.25, 0.3) is 0 Å². The van der Waals surface area contributed by atoms with E-state index in [2.05, 4.69) is 38.3 Å². The van der Waals surface area contributed by atoms with Crippen LogP contribution in [0.2, 0.25) is 0 Å². The summed E-state index contributed by atoms with van der Waals surface area (Å²) < 4.78 is 37.2. The fraction of sp³-hybridized carbons (Fsp3) is 0.462. The van der Waals surface area contributed by atoms with Gasteiger partial charge in [-0.05, 0) is 13.0 Å². The molecule has 1 N–H and O–H groups in total. The van der Waals surface area contributed by atoms with Crippen molar-refractivity contribution < 1.29 is 13.5 Å². The van der Waals surface area contributed by atoms with E-state index in [1.54, 1.807) is 6.20 Å². The number of anilines is 4. The fourth-order valence-corrected chi connectivity index (χ4v) is 5.77. The average molecular weight is 515 g/mol. The van der Waals surface area contributed by atoms with Crippen molar-refractivity contribution in [3.05, 3.63) is 47.8 Å². The van der Waals surface area contributed by atoms with E-state index >= 15 is 4.39 Å². The minimum atomic E-state index is -0.637. The molecular formula is C26H32F2N6OS. The van der Waals surface area contributed by atoms with E-state index in [0.717, 1.165) is 68.1 Å². The van der Waals surface area contributed by atoms with Gasteiger partial charge in [-0.25, -0.2) is 18.1 Å². The molecular weight excluding hydrogens is 482 g/mol. The number of aromatic nitrogens is 2. The van der Waals surface area contributed by atoms with Crippen molar-refractivity contribution in [1.82, 2.24) is 14.3 Å². The SMILES string of the molecule is Cc1c(N2CCN(SC(C)C)CC2)nc2cc(F)cc(F)c2c1Nc1cncc(N2CCOCC2)c1. The summed E-state index contributed by atoms with van der Waals surface area (Å²) >= 11 is 1.86. The standard InChI is InChI=1S/C26H32F2N6OS/c1-17(2)36-34-6-4-33(5-7-34)26-18(3)25(24-22(28)12-19(27)13-23(24)31-26)30-20-14-21(16-29-15-20)32-8-10-35-11-9-32/h12-17H,4-11H2,1-3H3,(H,30,31). The number of pyridine rings is 2. The van der Waals surface area contributed by atoms with Crippen LogP contribution in [0, 0.1) is 18.6 Å². The Kier molecular flexibility index (Phi) is 7.45. The van der Waals surface area contributed by atoms with E-state index in [9.17, 15) is 4.39 Å². The van der Waals surface area contributed by atoms with Crippen LogP contribution in [-0.4, -0.2) is 72.0 Å². The lowest BCUT2D eigenvalue weighted by Gasteiger charge is -2.36. The van der Waals surface area contributed by atoms with E-state index in [-0.39, 0.29) is 5.39 Å². The molecule has 192 valence electrons. The number of piperazine rings is 1. The first kappa shape index (κ1) is 25.0. The third-order valence-electron chi connectivity index (χ3n) is 6.49. The van der Waals surface area contributed by atoms with Crippen LogP contribution in [0.3, 0.4) is 0 Å². The number of nitrogens with zero attached hydrogens (tertiary/aromatic N) is 5. The van der Waals surface area contributed by atoms with Gasteiger partial charge in [-0.3, -0.25) is 4.98 Å². The lowest BCUT2D eigenvalue weighted by Crippen LogP contribution is -2.44. The van der Waals surface area contributed by atoms with Crippen LogP contribution in [0.25, 0.3) is 10.9 Å². The minimum Gasteiger partial charge on any atom is -0.378 e. The summed E-state index contributed by atoms with van der Waals surface area (Å²) in [5.41, 5.74) is 3.43. The largest absolute Gasteiger partial charge is 0.378 e. The van der Waals surface area contributed by atoms with Crippen molar-refractivity contribution >= 4 is 45.7 Å². The van der Waals surface area contributed by atoms with Crippen LogP contribution in [-0.2, 0) is 4.74 Å². The number of ether oxygens (including phenoxy) is 1. The summed E-state index contributed by atoms with van der Waals surface area (Å²) in [4.78, 5) is 13.6. The van der Waals surface area contributed by atoms with Crippen LogP contribution >= 0.6 is 11.9 Å². The van der Waals surface area contributed by atoms with Crippen molar-refractivity contribution in [2.75, 3.05) is 67.6 Å². The van der Waals surface area contributed by atoms with Gasteiger partial charge in [-0.15, -0.1) is 0 Å². The number of rotatable bonds is 6. The number of benzene rings is 1. The molecule has 2 aliphatic heterocycles. The highest BCUT2D eigenvalue weighted by molar-refractivity contribution is 7.97. The Morgan fingerprint density at radius 2 is 1.72 bits per heavy atom. The van der Waals surface area contributed by atoms with Crippen LogP contribution in [0.5, 0.6) is 0 Å². The zero-order chi connectivity index (χ0) is 25.2. The second-order valence-corrected chi connectivity index (χ2v) is 11.1. The molecule has 4 heterocycles. The van der Waals surface area contributed by atoms with Gasteiger partial charge in [0.05, 0.1) is 53.6 Å². The van der Waals surface area contributed by atoms with Gasteiger partial charge in [-0.2, -0.15) is 0 Å². The first-order valence-electron chi connectivity index (χ1n) is 12.4. The first-order chi connectivity index (χ1) is 17.4. The predicted molar refractivity (Wildman–Crippen MR) is 143 cm³/mol. The Balaban J connectivity index is 1.50. The molecule has 0 bridgehead atoms. The number of nitrogens with one attached hydrogen (secondary N) is 1. The Bertz CT molecular complexity index is 1230. The van der Waals surface area contributed by atoms with Gasteiger partial charge in [0.2, 0.25) is 0 Å². The van der Waals surface area contributed by atoms with Crippen LogP contribution < -0.4 is 15.1 Å². The molecule has 36 heavy (non-hydrogen) atoms. The first-order valence-corrected chi connectivity index (χ1v) is 13.2. The topological polar surface area (TPSA) is 56.8 Å². The highest BCUT2D eigenvalue weighted by Crippen LogP contribution is 2.37. The molecule has 0 saturated carbocycles. The summed E-state index contributed by atoms with van der Waals surface area (Å²) in [6.07, 6.45) is 3.54. The zero-order valence-electron chi connectivity index (χ0n) is 20.9. The highest BCUT2D eigenvalue weighted by Gasteiger charge is 2.24. The molecule has 2 aliphatic rings. The summed E-state index contributed by atoms with van der Waals surface area (Å²) in [6, 6.07) is 4.23. The summed E-state index contributed by atoms with van der Waals surface area (Å²) in [5.74, 6) is -0.519. The number of halogens is 2. The van der Waals surface area contributed by atoms with E-state index in [1.165, 1.54) is 6.07 Å². The Hall–Kier alpha value is -2.69. The third-order valence-corrected chi connectivity index (χ3v) is 7.57. The van der Waals surface area contributed by atoms with E-state index in [1.807, 2.05) is 31.1 Å². The normalized spacial score (nSPS) is 17.3. The maximum atomic E-state index is 15.1. The second-order valence-electron chi connectivity index (χ2n) is 9.44. The Morgan fingerprint density at radius 3 is 2.44 bits per heavy atom. The van der Waals surface area contributed by atoms with Crippen LogP contribution in [0.15, 0.2) is 30.6 Å².